The molecule has 2 rings (SSSR count). The molecule has 0 aliphatic heterocycles. The van der Waals surface area contributed by atoms with E-state index in [4.69, 9.17) is 10.5 Å². The predicted molar refractivity (Wildman–Crippen MR) is 83.3 cm³/mol. The Hall–Kier alpha value is -1.42. The van der Waals surface area contributed by atoms with Crippen molar-refractivity contribution in [2.75, 3.05) is 24.2 Å². The molecule has 0 radical (unpaired) electrons. The minimum atomic E-state index is -0.546. The summed E-state index contributed by atoms with van der Waals surface area (Å²) in [5, 5.41) is 10.5. The highest BCUT2D eigenvalue weighted by atomic mass is 16.5. The van der Waals surface area contributed by atoms with E-state index in [1.165, 1.54) is 0 Å². The number of hydrogen-bond acceptors (Lipinski definition) is 4. The summed E-state index contributed by atoms with van der Waals surface area (Å²) < 4.78 is 5.72. The van der Waals surface area contributed by atoms with E-state index in [9.17, 15) is 5.11 Å². The average Bonchev–Trinajstić information content (AvgIpc) is 2.78. The van der Waals surface area contributed by atoms with Gasteiger partial charge in [0.2, 0.25) is 0 Å². The van der Waals surface area contributed by atoms with Crippen molar-refractivity contribution in [3.8, 4) is 5.75 Å². The van der Waals surface area contributed by atoms with Crippen molar-refractivity contribution < 1.29 is 9.84 Å². The van der Waals surface area contributed by atoms with Crippen LogP contribution in [0.5, 0.6) is 5.75 Å². The van der Waals surface area contributed by atoms with Gasteiger partial charge in [0, 0.05) is 25.3 Å². The molecule has 1 aromatic rings. The molecule has 1 saturated carbocycles. The highest BCUT2D eigenvalue weighted by molar-refractivity contribution is 5.62. The lowest BCUT2D eigenvalue weighted by Gasteiger charge is -2.30. The Bertz CT molecular complexity index is 454. The zero-order chi connectivity index (χ0) is 14.8. The first-order chi connectivity index (χ1) is 9.39. The van der Waals surface area contributed by atoms with Gasteiger partial charge < -0.3 is 20.5 Å². The van der Waals surface area contributed by atoms with Gasteiger partial charge in [-0.05, 0) is 38.8 Å². The second-order valence-electron chi connectivity index (χ2n) is 6.18. The number of rotatable bonds is 5. The van der Waals surface area contributed by atoms with E-state index >= 15 is 0 Å². The van der Waals surface area contributed by atoms with Gasteiger partial charge in [-0.3, -0.25) is 0 Å². The molecule has 20 heavy (non-hydrogen) atoms. The van der Waals surface area contributed by atoms with E-state index in [2.05, 4.69) is 4.90 Å². The van der Waals surface area contributed by atoms with E-state index in [1.807, 2.05) is 39.1 Å². The molecule has 4 heteroatoms. The first kappa shape index (κ1) is 15.0. The van der Waals surface area contributed by atoms with E-state index in [0.29, 0.717) is 18.0 Å². The molecule has 1 aromatic carbocycles. The Morgan fingerprint density at radius 2 is 2.00 bits per heavy atom. The zero-order valence-electron chi connectivity index (χ0n) is 12.7. The number of aliphatic hydroxyl groups is 1. The van der Waals surface area contributed by atoms with Gasteiger partial charge in [-0.1, -0.05) is 12.8 Å². The summed E-state index contributed by atoms with van der Waals surface area (Å²) in [7, 11) is 2.00. The second kappa shape index (κ2) is 5.92. The molecule has 0 spiro atoms. The fraction of sp³-hybridized carbons (Fsp3) is 0.625. The molecule has 112 valence electrons. The van der Waals surface area contributed by atoms with Crippen LogP contribution in [0.1, 0.15) is 39.5 Å². The van der Waals surface area contributed by atoms with E-state index < -0.39 is 5.60 Å². The molecular weight excluding hydrogens is 252 g/mol. The Balaban J connectivity index is 2.11. The third-order valence-corrected chi connectivity index (χ3v) is 3.87. The molecule has 0 heterocycles. The zero-order valence-corrected chi connectivity index (χ0v) is 12.7. The van der Waals surface area contributed by atoms with Crippen LogP contribution in [0.4, 0.5) is 11.4 Å². The fourth-order valence-electron chi connectivity index (χ4n) is 2.84. The molecular formula is C16H26N2O2. The molecule has 3 N–H and O–H groups in total. The maximum atomic E-state index is 10.5. The van der Waals surface area contributed by atoms with Crippen LogP contribution in [0.3, 0.4) is 0 Å². The molecule has 0 aromatic heterocycles. The smallest absolute Gasteiger partial charge is 0.144 e. The number of likely N-dealkylation sites (N-methyl/N-ethyl adjacent to an activating group) is 1. The highest BCUT2D eigenvalue weighted by Gasteiger charge is 2.32. The molecule has 0 saturated heterocycles. The Labute approximate surface area is 121 Å². The average molecular weight is 278 g/mol. The van der Waals surface area contributed by atoms with Gasteiger partial charge in [0.1, 0.15) is 5.75 Å². The number of benzene rings is 1. The Morgan fingerprint density at radius 1 is 1.35 bits per heavy atom. The molecule has 1 fully saturated rings. The summed E-state index contributed by atoms with van der Waals surface area (Å²) in [5.74, 6) is 0.711. The maximum Gasteiger partial charge on any atom is 0.144 e. The van der Waals surface area contributed by atoms with Crippen LogP contribution >= 0.6 is 0 Å². The van der Waals surface area contributed by atoms with Gasteiger partial charge in [0.05, 0.1) is 17.4 Å². The van der Waals surface area contributed by atoms with Crippen molar-refractivity contribution in [1.82, 2.24) is 0 Å². The van der Waals surface area contributed by atoms with Crippen LogP contribution in [0.25, 0.3) is 0 Å². The van der Waals surface area contributed by atoms with Crippen molar-refractivity contribution in [3.63, 3.8) is 0 Å². The van der Waals surface area contributed by atoms with Crippen LogP contribution in [0.2, 0.25) is 0 Å². The monoisotopic (exact) mass is 278 g/mol. The van der Waals surface area contributed by atoms with Gasteiger partial charge in [-0.25, -0.2) is 0 Å². The molecule has 4 nitrogen and oxygen atoms in total. The highest BCUT2D eigenvalue weighted by Crippen LogP contribution is 2.33. The standard InChI is InChI=1S/C16H26N2O2/c1-12(2)20-15-10-13(6-7-14(15)17)18(3)11-16(19)8-4-5-9-16/h6-7,10,12,19H,4-5,8-9,11,17H2,1-3H3. The Kier molecular flexibility index (Phi) is 4.43. The van der Waals surface area contributed by atoms with E-state index in [1.54, 1.807) is 0 Å². The largest absolute Gasteiger partial charge is 0.489 e. The fourth-order valence-corrected chi connectivity index (χ4v) is 2.84. The van der Waals surface area contributed by atoms with Gasteiger partial charge >= 0.3 is 0 Å². The lowest BCUT2D eigenvalue weighted by Crippen LogP contribution is -2.39. The SMILES string of the molecule is CC(C)Oc1cc(N(C)CC2(O)CCCC2)ccc1N. The normalized spacial score (nSPS) is 17.4. The van der Waals surface area contributed by atoms with Crippen LogP contribution < -0.4 is 15.4 Å². The van der Waals surface area contributed by atoms with Gasteiger partial charge in [0.25, 0.3) is 0 Å². The molecule has 0 unspecified atom stereocenters. The van der Waals surface area contributed by atoms with Crippen molar-refractivity contribution in [1.29, 1.82) is 0 Å². The predicted octanol–water partition coefficient (Wildman–Crippen LogP) is 2.80. The maximum absolute atomic E-state index is 10.5. The first-order valence-electron chi connectivity index (χ1n) is 7.39. The van der Waals surface area contributed by atoms with Crippen molar-refractivity contribution >= 4 is 11.4 Å². The summed E-state index contributed by atoms with van der Waals surface area (Å²) in [6.07, 6.45) is 4.11. The summed E-state index contributed by atoms with van der Waals surface area (Å²) in [4.78, 5) is 2.08. The van der Waals surface area contributed by atoms with Crippen molar-refractivity contribution in [3.05, 3.63) is 18.2 Å². The minimum Gasteiger partial charge on any atom is -0.489 e. The summed E-state index contributed by atoms with van der Waals surface area (Å²) in [6, 6.07) is 5.79. The summed E-state index contributed by atoms with van der Waals surface area (Å²) >= 11 is 0. The number of nitrogens with zero attached hydrogens (tertiary/aromatic N) is 1. The van der Waals surface area contributed by atoms with Crippen LogP contribution in [-0.4, -0.2) is 30.4 Å². The lowest BCUT2D eigenvalue weighted by atomic mass is 10.0. The minimum absolute atomic E-state index is 0.0943. The van der Waals surface area contributed by atoms with Crippen LogP contribution in [0.15, 0.2) is 18.2 Å². The molecule has 0 bridgehead atoms. The summed E-state index contributed by atoms with van der Waals surface area (Å²) in [5.41, 5.74) is 7.06. The number of nitrogens with two attached hydrogens (primary N) is 1. The molecule has 0 amide bonds. The summed E-state index contributed by atoms with van der Waals surface area (Å²) in [6.45, 7) is 4.62. The molecule has 1 aliphatic carbocycles. The number of hydrogen-bond donors (Lipinski definition) is 2. The number of nitrogen functional groups attached to an aromatic ring is 1. The third kappa shape index (κ3) is 3.57. The van der Waals surface area contributed by atoms with Crippen LogP contribution in [0, 0.1) is 0 Å². The quantitative estimate of drug-likeness (QED) is 0.813. The topological polar surface area (TPSA) is 58.7 Å². The number of anilines is 2. The first-order valence-corrected chi connectivity index (χ1v) is 7.39. The van der Waals surface area contributed by atoms with Crippen molar-refractivity contribution in [2.24, 2.45) is 0 Å². The Morgan fingerprint density at radius 3 is 2.60 bits per heavy atom. The van der Waals surface area contributed by atoms with Gasteiger partial charge in [-0.15, -0.1) is 0 Å². The van der Waals surface area contributed by atoms with Gasteiger partial charge in [-0.2, -0.15) is 0 Å². The van der Waals surface area contributed by atoms with E-state index in [-0.39, 0.29) is 6.10 Å². The molecule has 0 atom stereocenters. The lowest BCUT2D eigenvalue weighted by molar-refractivity contribution is 0.0559. The third-order valence-electron chi connectivity index (χ3n) is 3.87. The molecule has 1 aliphatic rings. The second-order valence-corrected chi connectivity index (χ2v) is 6.18. The number of ether oxygens (including phenoxy) is 1. The van der Waals surface area contributed by atoms with Crippen molar-refractivity contribution in [2.45, 2.75) is 51.2 Å². The van der Waals surface area contributed by atoms with Crippen LogP contribution in [-0.2, 0) is 0 Å². The van der Waals surface area contributed by atoms with Gasteiger partial charge in [0.15, 0.2) is 0 Å². The van der Waals surface area contributed by atoms with E-state index in [0.717, 1.165) is 31.4 Å².